The van der Waals surface area contributed by atoms with Crippen molar-refractivity contribution in [1.29, 1.82) is 0 Å². The van der Waals surface area contributed by atoms with Gasteiger partial charge in [-0.15, -0.1) is 0 Å². The summed E-state index contributed by atoms with van der Waals surface area (Å²) in [5.41, 5.74) is 0.366. The maximum atomic E-state index is 12.4. The maximum Gasteiger partial charge on any atom is 0.252 e. The van der Waals surface area contributed by atoms with Crippen molar-refractivity contribution in [2.45, 2.75) is 13.0 Å². The summed E-state index contributed by atoms with van der Waals surface area (Å²) in [4.78, 5) is 18.6. The molecule has 0 saturated carbocycles. The van der Waals surface area contributed by atoms with Crippen molar-refractivity contribution in [3.63, 3.8) is 0 Å². The lowest BCUT2D eigenvalue weighted by molar-refractivity contribution is 0.0117. The number of aryl methyl sites for hydroxylation is 1. The van der Waals surface area contributed by atoms with Gasteiger partial charge in [-0.1, -0.05) is 23.2 Å². The Kier molecular flexibility index (Phi) is 5.96. The van der Waals surface area contributed by atoms with Crippen molar-refractivity contribution >= 4 is 29.1 Å². The fraction of sp³-hybridized carbons (Fsp3) is 0.412. The number of hydrogen-bond acceptors (Lipinski definition) is 5. The fourth-order valence-electron chi connectivity index (χ4n) is 2.77. The normalized spacial score (nSPS) is 16.6. The zero-order valence-corrected chi connectivity index (χ0v) is 15.3. The van der Waals surface area contributed by atoms with Crippen LogP contribution >= 0.6 is 23.2 Å². The molecule has 2 aromatic rings. The van der Waals surface area contributed by atoms with Crippen molar-refractivity contribution in [2.75, 3.05) is 32.8 Å². The maximum absolute atomic E-state index is 12.4. The molecule has 1 fully saturated rings. The second kappa shape index (κ2) is 8.19. The number of ether oxygens (including phenoxy) is 1. The van der Waals surface area contributed by atoms with E-state index in [9.17, 15) is 4.79 Å². The molecule has 8 heteroatoms. The van der Waals surface area contributed by atoms with Gasteiger partial charge in [0.2, 0.25) is 0 Å². The van der Waals surface area contributed by atoms with E-state index in [0.717, 1.165) is 24.6 Å². The average Bonchev–Trinajstić information content (AvgIpc) is 3.04. The monoisotopic (exact) mass is 383 g/mol. The molecule has 134 valence electrons. The first-order valence-electron chi connectivity index (χ1n) is 8.02. The molecule has 25 heavy (non-hydrogen) atoms. The Bertz CT molecular complexity index is 744. The molecule has 2 aromatic heterocycles. The second-order valence-electron chi connectivity index (χ2n) is 5.82. The number of pyridine rings is 1. The lowest BCUT2D eigenvalue weighted by Crippen LogP contribution is -2.43. The highest BCUT2D eigenvalue weighted by molar-refractivity contribution is 6.41. The van der Waals surface area contributed by atoms with Gasteiger partial charge in [-0.25, -0.2) is 4.98 Å². The van der Waals surface area contributed by atoms with E-state index in [4.69, 9.17) is 32.4 Å². The van der Waals surface area contributed by atoms with Crippen LogP contribution in [0.3, 0.4) is 0 Å². The minimum atomic E-state index is -0.257. The van der Waals surface area contributed by atoms with Gasteiger partial charge in [-0.05, 0) is 25.1 Å². The van der Waals surface area contributed by atoms with Crippen LogP contribution < -0.4 is 5.32 Å². The minimum absolute atomic E-state index is 0.0581. The topological polar surface area (TPSA) is 67.6 Å². The molecule has 1 aliphatic rings. The van der Waals surface area contributed by atoms with Gasteiger partial charge < -0.3 is 14.5 Å². The standard InChI is InChI=1S/C17H19Cl2N3O3/c1-11-2-3-15(25-11)14(22-4-6-24-7-5-22)10-21-17(23)12-8-13(18)16(19)20-9-12/h2-3,8-9,14H,4-7,10H2,1H3,(H,21,23). The smallest absolute Gasteiger partial charge is 0.252 e. The van der Waals surface area contributed by atoms with Crippen molar-refractivity contribution in [3.8, 4) is 0 Å². The number of hydrogen-bond donors (Lipinski definition) is 1. The Labute approximate surface area is 156 Å². The summed E-state index contributed by atoms with van der Waals surface area (Å²) in [5, 5.41) is 3.35. The number of carbonyl (C=O) groups excluding carboxylic acids is 1. The van der Waals surface area contributed by atoms with E-state index in [0.29, 0.717) is 25.3 Å². The number of rotatable bonds is 5. The van der Waals surface area contributed by atoms with Crippen LogP contribution in [0.25, 0.3) is 0 Å². The number of carbonyl (C=O) groups is 1. The number of furan rings is 1. The molecular formula is C17H19Cl2N3O3. The predicted octanol–water partition coefficient (Wildman–Crippen LogP) is 3.09. The Morgan fingerprint density at radius 2 is 2.12 bits per heavy atom. The highest BCUT2D eigenvalue weighted by Crippen LogP contribution is 2.24. The van der Waals surface area contributed by atoms with Crippen LogP contribution in [0.5, 0.6) is 0 Å². The van der Waals surface area contributed by atoms with Gasteiger partial charge in [-0.3, -0.25) is 9.69 Å². The predicted molar refractivity (Wildman–Crippen MR) is 95.2 cm³/mol. The summed E-state index contributed by atoms with van der Waals surface area (Å²) >= 11 is 11.7. The van der Waals surface area contributed by atoms with Crippen molar-refractivity contribution in [1.82, 2.24) is 15.2 Å². The van der Waals surface area contributed by atoms with Gasteiger partial charge >= 0.3 is 0 Å². The Balaban J connectivity index is 1.71. The molecule has 1 atom stereocenters. The van der Waals surface area contributed by atoms with Crippen LogP contribution in [-0.4, -0.2) is 48.6 Å². The first kappa shape index (κ1) is 18.2. The molecular weight excluding hydrogens is 365 g/mol. The van der Waals surface area contributed by atoms with E-state index < -0.39 is 0 Å². The first-order valence-corrected chi connectivity index (χ1v) is 8.77. The summed E-state index contributed by atoms with van der Waals surface area (Å²) in [6.45, 7) is 5.22. The zero-order valence-electron chi connectivity index (χ0n) is 13.8. The molecule has 0 aromatic carbocycles. The van der Waals surface area contributed by atoms with Gasteiger partial charge in [0.25, 0.3) is 5.91 Å². The first-order chi connectivity index (χ1) is 12.0. The molecule has 1 unspecified atom stereocenters. The number of aromatic nitrogens is 1. The summed E-state index contributed by atoms with van der Waals surface area (Å²) in [6, 6.07) is 5.32. The van der Waals surface area contributed by atoms with Crippen LogP contribution in [0.4, 0.5) is 0 Å². The van der Waals surface area contributed by atoms with Gasteiger partial charge in [0, 0.05) is 25.8 Å². The van der Waals surface area contributed by atoms with Crippen molar-refractivity contribution < 1.29 is 13.9 Å². The number of halogens is 2. The molecule has 1 saturated heterocycles. The van der Waals surface area contributed by atoms with Crippen molar-refractivity contribution in [3.05, 3.63) is 51.7 Å². The number of amides is 1. The fourth-order valence-corrected chi connectivity index (χ4v) is 3.04. The summed E-state index contributed by atoms with van der Waals surface area (Å²) in [5.74, 6) is 1.41. The molecule has 1 N–H and O–H groups in total. The third kappa shape index (κ3) is 4.52. The summed E-state index contributed by atoms with van der Waals surface area (Å²) in [6.07, 6.45) is 1.41. The van der Waals surface area contributed by atoms with Crippen LogP contribution in [0.2, 0.25) is 10.2 Å². The molecule has 3 heterocycles. The highest BCUT2D eigenvalue weighted by atomic mass is 35.5. The van der Waals surface area contributed by atoms with E-state index in [1.807, 2.05) is 19.1 Å². The highest BCUT2D eigenvalue weighted by Gasteiger charge is 2.26. The van der Waals surface area contributed by atoms with Gasteiger partial charge in [0.15, 0.2) is 0 Å². The zero-order chi connectivity index (χ0) is 17.8. The van der Waals surface area contributed by atoms with Crippen LogP contribution in [0.15, 0.2) is 28.8 Å². The van der Waals surface area contributed by atoms with Crippen LogP contribution in [0, 0.1) is 6.92 Å². The molecule has 0 spiro atoms. The van der Waals surface area contributed by atoms with Gasteiger partial charge in [0.05, 0.1) is 29.8 Å². The van der Waals surface area contributed by atoms with Gasteiger partial charge in [-0.2, -0.15) is 0 Å². The lowest BCUT2D eigenvalue weighted by Gasteiger charge is -2.33. The van der Waals surface area contributed by atoms with Gasteiger partial charge in [0.1, 0.15) is 16.7 Å². The van der Waals surface area contributed by atoms with E-state index in [1.54, 1.807) is 0 Å². The van der Waals surface area contributed by atoms with E-state index in [2.05, 4.69) is 15.2 Å². The summed E-state index contributed by atoms with van der Waals surface area (Å²) in [7, 11) is 0. The molecule has 0 aliphatic carbocycles. The van der Waals surface area contributed by atoms with Crippen LogP contribution in [-0.2, 0) is 4.74 Å². The lowest BCUT2D eigenvalue weighted by atomic mass is 10.1. The summed E-state index contributed by atoms with van der Waals surface area (Å²) < 4.78 is 11.2. The SMILES string of the molecule is Cc1ccc(C(CNC(=O)c2cnc(Cl)c(Cl)c2)N2CCOCC2)o1. The molecule has 0 radical (unpaired) electrons. The number of nitrogens with zero attached hydrogens (tertiary/aromatic N) is 2. The average molecular weight is 384 g/mol. The molecule has 0 bridgehead atoms. The van der Waals surface area contributed by atoms with E-state index in [-0.39, 0.29) is 22.1 Å². The third-order valence-electron chi connectivity index (χ3n) is 4.09. The Morgan fingerprint density at radius 3 is 2.76 bits per heavy atom. The second-order valence-corrected chi connectivity index (χ2v) is 6.58. The molecule has 6 nitrogen and oxygen atoms in total. The molecule has 3 rings (SSSR count). The van der Waals surface area contributed by atoms with Crippen molar-refractivity contribution in [2.24, 2.45) is 0 Å². The Morgan fingerprint density at radius 1 is 1.36 bits per heavy atom. The number of morpholine rings is 1. The van der Waals surface area contributed by atoms with Crippen LogP contribution in [0.1, 0.15) is 27.9 Å². The molecule has 1 aliphatic heterocycles. The Hall–Kier alpha value is -1.60. The molecule has 1 amide bonds. The third-order valence-corrected chi connectivity index (χ3v) is 4.78. The minimum Gasteiger partial charge on any atom is -0.465 e. The van der Waals surface area contributed by atoms with E-state index in [1.165, 1.54) is 12.3 Å². The largest absolute Gasteiger partial charge is 0.465 e. The number of nitrogens with one attached hydrogen (secondary N) is 1. The quantitative estimate of drug-likeness (QED) is 0.803. The van der Waals surface area contributed by atoms with E-state index >= 15 is 0 Å².